The van der Waals surface area contributed by atoms with E-state index in [2.05, 4.69) is 5.32 Å². The zero-order chi connectivity index (χ0) is 29.3. The van der Waals surface area contributed by atoms with E-state index >= 15 is 0 Å². The van der Waals surface area contributed by atoms with Gasteiger partial charge in [-0.05, 0) is 59.0 Å². The number of alkyl halides is 6. The molecule has 0 amide bonds. The summed E-state index contributed by atoms with van der Waals surface area (Å²) < 4.78 is 91.0. The lowest BCUT2D eigenvalue weighted by Gasteiger charge is -2.17. The highest BCUT2D eigenvalue weighted by atomic mass is 19.4. The molecule has 3 aromatic carbocycles. The molecular formula is C29H27F6NO4. The summed E-state index contributed by atoms with van der Waals surface area (Å²) in [5.41, 5.74) is -0.945. The molecule has 0 atom stereocenters. The number of nitrogens with one attached hydrogen (secondary N) is 1. The van der Waals surface area contributed by atoms with Gasteiger partial charge in [-0.3, -0.25) is 9.59 Å². The molecule has 11 heteroatoms. The third-order valence-corrected chi connectivity index (χ3v) is 5.86. The Morgan fingerprint density at radius 3 is 2.17 bits per heavy atom. The molecule has 0 spiro atoms. The number of ether oxygens (including phenoxy) is 2. The summed E-state index contributed by atoms with van der Waals surface area (Å²) in [4.78, 5) is 24.0. The van der Waals surface area contributed by atoms with E-state index in [0.717, 1.165) is 35.9 Å². The van der Waals surface area contributed by atoms with Crippen molar-refractivity contribution in [1.82, 2.24) is 5.32 Å². The summed E-state index contributed by atoms with van der Waals surface area (Å²) in [5, 5.41) is 2.90. The summed E-state index contributed by atoms with van der Waals surface area (Å²) in [6.07, 6.45) is -10.1. The van der Waals surface area contributed by atoms with Crippen LogP contribution in [0.3, 0.4) is 0 Å². The number of hydrogen-bond acceptors (Lipinski definition) is 5. The monoisotopic (exact) mass is 567 g/mol. The van der Waals surface area contributed by atoms with Crippen LogP contribution in [0.5, 0.6) is 0 Å². The van der Waals surface area contributed by atoms with E-state index in [4.69, 9.17) is 9.47 Å². The summed E-state index contributed by atoms with van der Waals surface area (Å²) >= 11 is 0. The molecule has 0 aliphatic rings. The van der Waals surface area contributed by atoms with Crippen LogP contribution >= 0.6 is 0 Å². The lowest BCUT2D eigenvalue weighted by atomic mass is 9.93. The molecule has 0 radical (unpaired) electrons. The number of benzene rings is 3. The fraction of sp³-hybridized carbons (Fsp3) is 0.310. The molecule has 40 heavy (non-hydrogen) atoms. The van der Waals surface area contributed by atoms with Gasteiger partial charge in [-0.1, -0.05) is 42.5 Å². The molecule has 0 aliphatic heterocycles. The van der Waals surface area contributed by atoms with Crippen molar-refractivity contribution in [3.8, 4) is 11.1 Å². The van der Waals surface area contributed by atoms with Crippen molar-refractivity contribution in [2.75, 3.05) is 13.2 Å². The highest BCUT2D eigenvalue weighted by Crippen LogP contribution is 2.37. The minimum atomic E-state index is -4.75. The third kappa shape index (κ3) is 8.84. The van der Waals surface area contributed by atoms with Gasteiger partial charge in [-0.2, -0.15) is 26.3 Å². The molecule has 1 N–H and O–H groups in total. The van der Waals surface area contributed by atoms with Crippen LogP contribution in [0, 0.1) is 0 Å². The van der Waals surface area contributed by atoms with E-state index in [-0.39, 0.29) is 55.0 Å². The number of carbonyl (C=O) groups excluding carboxylic acids is 2. The highest BCUT2D eigenvalue weighted by molar-refractivity contribution is 5.76. The van der Waals surface area contributed by atoms with E-state index in [0.29, 0.717) is 0 Å². The second-order valence-corrected chi connectivity index (χ2v) is 8.79. The van der Waals surface area contributed by atoms with E-state index in [9.17, 15) is 35.9 Å². The van der Waals surface area contributed by atoms with Gasteiger partial charge in [0.05, 0.1) is 30.6 Å². The van der Waals surface area contributed by atoms with Crippen molar-refractivity contribution in [2.24, 2.45) is 0 Å². The van der Waals surface area contributed by atoms with Crippen LogP contribution < -0.4 is 5.32 Å². The molecule has 0 heterocycles. The fourth-order valence-electron chi connectivity index (χ4n) is 3.97. The summed E-state index contributed by atoms with van der Waals surface area (Å²) in [5.74, 6) is -1.37. The van der Waals surface area contributed by atoms with Crippen molar-refractivity contribution in [1.29, 1.82) is 0 Å². The Labute approximate surface area is 227 Å². The third-order valence-electron chi connectivity index (χ3n) is 5.86. The first-order valence-electron chi connectivity index (χ1n) is 12.3. The predicted octanol–water partition coefficient (Wildman–Crippen LogP) is 6.72. The molecule has 0 aliphatic carbocycles. The molecule has 5 nitrogen and oxygen atoms in total. The molecule has 214 valence electrons. The van der Waals surface area contributed by atoms with Gasteiger partial charge < -0.3 is 14.8 Å². The van der Waals surface area contributed by atoms with Gasteiger partial charge in [0, 0.05) is 13.1 Å². The van der Waals surface area contributed by atoms with Gasteiger partial charge in [0.25, 0.3) is 0 Å². The number of esters is 2. The SMILES string of the molecule is CCOC(=O)Cc1cc(-c2ccc(C(F)(F)F)cc2CNCCC(=O)OCc2ccccc2)ccc1C(F)(F)F. The number of hydrogen-bond donors (Lipinski definition) is 1. The van der Waals surface area contributed by atoms with E-state index in [1.54, 1.807) is 24.3 Å². The maximum Gasteiger partial charge on any atom is 0.416 e. The van der Waals surface area contributed by atoms with Gasteiger partial charge in [-0.15, -0.1) is 0 Å². The van der Waals surface area contributed by atoms with Gasteiger partial charge in [0.2, 0.25) is 0 Å². The van der Waals surface area contributed by atoms with Crippen LogP contribution in [0.25, 0.3) is 11.1 Å². The smallest absolute Gasteiger partial charge is 0.416 e. The Balaban J connectivity index is 1.80. The van der Waals surface area contributed by atoms with Crippen LogP contribution in [-0.2, 0) is 51.0 Å². The van der Waals surface area contributed by atoms with Crippen molar-refractivity contribution in [2.45, 2.75) is 45.3 Å². The second-order valence-electron chi connectivity index (χ2n) is 8.79. The van der Waals surface area contributed by atoms with Crippen LogP contribution in [0.4, 0.5) is 26.3 Å². The van der Waals surface area contributed by atoms with Crippen LogP contribution in [0.1, 0.15) is 41.2 Å². The first kappa shape index (κ1) is 30.7. The van der Waals surface area contributed by atoms with Gasteiger partial charge in [0.1, 0.15) is 6.61 Å². The minimum Gasteiger partial charge on any atom is -0.466 e. The summed E-state index contributed by atoms with van der Waals surface area (Å²) in [6, 6.07) is 15.0. The lowest BCUT2D eigenvalue weighted by molar-refractivity contribution is -0.145. The lowest BCUT2D eigenvalue weighted by Crippen LogP contribution is -2.20. The summed E-state index contributed by atoms with van der Waals surface area (Å²) in [7, 11) is 0. The quantitative estimate of drug-likeness (QED) is 0.158. The molecular weight excluding hydrogens is 540 g/mol. The molecule has 3 rings (SSSR count). The van der Waals surface area contributed by atoms with Crippen LogP contribution in [-0.4, -0.2) is 25.1 Å². The Hall–Kier alpha value is -3.86. The Morgan fingerprint density at radius 1 is 0.800 bits per heavy atom. The summed E-state index contributed by atoms with van der Waals surface area (Å²) in [6.45, 7) is 1.56. The number of halogens is 6. The number of rotatable bonds is 11. The molecule has 0 saturated carbocycles. The van der Waals surface area contributed by atoms with Crippen molar-refractivity contribution >= 4 is 11.9 Å². The van der Waals surface area contributed by atoms with Crippen LogP contribution in [0.15, 0.2) is 66.7 Å². The van der Waals surface area contributed by atoms with Crippen LogP contribution in [0.2, 0.25) is 0 Å². The Bertz CT molecular complexity index is 1310. The number of carbonyl (C=O) groups is 2. The maximum atomic E-state index is 13.6. The minimum absolute atomic E-state index is 0.0194. The van der Waals surface area contributed by atoms with Crippen molar-refractivity contribution in [3.63, 3.8) is 0 Å². The van der Waals surface area contributed by atoms with Gasteiger partial charge >= 0.3 is 24.3 Å². The molecule has 0 fully saturated rings. The predicted molar refractivity (Wildman–Crippen MR) is 135 cm³/mol. The fourth-order valence-corrected chi connectivity index (χ4v) is 3.97. The van der Waals surface area contributed by atoms with E-state index in [1.807, 2.05) is 6.07 Å². The standard InChI is InChI=1S/C29H27F6NO4/c1-2-39-27(38)16-21-14-20(8-11-25(21)29(33,34)35)24-10-9-23(28(30,31)32)15-22(24)17-36-13-12-26(37)40-18-19-6-4-3-5-7-19/h3-11,14-15,36H,2,12-13,16-18H2,1H3. The molecule has 0 saturated heterocycles. The maximum absolute atomic E-state index is 13.6. The Kier molecular flexibility index (Phi) is 10.3. The normalized spacial score (nSPS) is 11.8. The molecule has 0 aromatic heterocycles. The first-order chi connectivity index (χ1) is 18.9. The Morgan fingerprint density at radius 2 is 1.52 bits per heavy atom. The van der Waals surface area contributed by atoms with Crippen molar-refractivity contribution < 1.29 is 45.4 Å². The average Bonchev–Trinajstić information content (AvgIpc) is 2.89. The van der Waals surface area contributed by atoms with Crippen molar-refractivity contribution in [3.05, 3.63) is 94.5 Å². The highest BCUT2D eigenvalue weighted by Gasteiger charge is 2.34. The largest absolute Gasteiger partial charge is 0.466 e. The van der Waals surface area contributed by atoms with Gasteiger partial charge in [0.15, 0.2) is 0 Å². The topological polar surface area (TPSA) is 64.6 Å². The zero-order valence-electron chi connectivity index (χ0n) is 21.5. The van der Waals surface area contributed by atoms with E-state index in [1.165, 1.54) is 13.0 Å². The van der Waals surface area contributed by atoms with E-state index < -0.39 is 41.8 Å². The average molecular weight is 568 g/mol. The molecule has 0 bridgehead atoms. The van der Waals surface area contributed by atoms with Gasteiger partial charge in [-0.25, -0.2) is 0 Å². The second kappa shape index (κ2) is 13.5. The first-order valence-corrected chi connectivity index (χ1v) is 12.3. The molecule has 3 aromatic rings. The zero-order valence-corrected chi connectivity index (χ0v) is 21.5. The molecule has 0 unspecified atom stereocenters.